The Kier molecular flexibility index (Phi) is 2.90. The number of aryl methyl sites for hydroxylation is 1. The number of cyclic esters (lactones) is 2. The fourth-order valence-corrected chi connectivity index (χ4v) is 1.51. The van der Waals surface area contributed by atoms with Crippen LogP contribution in [0.25, 0.3) is 0 Å². The Morgan fingerprint density at radius 1 is 1.12 bits per heavy atom. The van der Waals surface area contributed by atoms with Crippen LogP contribution in [0.5, 0.6) is 0 Å². The fourth-order valence-electron chi connectivity index (χ4n) is 1.51. The summed E-state index contributed by atoms with van der Waals surface area (Å²) in [7, 11) is 0. The van der Waals surface area contributed by atoms with Gasteiger partial charge in [-0.3, -0.25) is 9.59 Å². The first-order valence-corrected chi connectivity index (χ1v) is 5.17. The molecule has 1 aromatic rings. The van der Waals surface area contributed by atoms with Crippen LogP contribution in [0.1, 0.15) is 30.8 Å². The highest BCUT2D eigenvalue weighted by molar-refractivity contribution is 5.92. The normalized spacial score (nSPS) is 16.8. The summed E-state index contributed by atoms with van der Waals surface area (Å²) < 4.78 is 9.87. The Labute approximate surface area is 93.2 Å². The predicted molar refractivity (Wildman–Crippen MR) is 55.4 cm³/mol. The number of ether oxygens (including phenoxy) is 2. The first-order chi connectivity index (χ1) is 7.69. The summed E-state index contributed by atoms with van der Waals surface area (Å²) in [6, 6.07) is 7.45. The van der Waals surface area contributed by atoms with Crippen LogP contribution in [0.3, 0.4) is 0 Å². The van der Waals surface area contributed by atoms with Crippen molar-refractivity contribution in [2.75, 3.05) is 0 Å². The van der Waals surface area contributed by atoms with Crippen molar-refractivity contribution in [1.29, 1.82) is 0 Å². The Balaban J connectivity index is 2.16. The van der Waals surface area contributed by atoms with Crippen molar-refractivity contribution in [2.45, 2.75) is 26.1 Å². The van der Waals surface area contributed by atoms with Crippen LogP contribution in [0.4, 0.5) is 0 Å². The van der Waals surface area contributed by atoms with Gasteiger partial charge in [0.05, 0.1) is 0 Å². The largest absolute Gasteiger partial charge is 0.420 e. The second-order valence-corrected chi connectivity index (χ2v) is 3.58. The third kappa shape index (κ3) is 2.21. The van der Waals surface area contributed by atoms with Crippen LogP contribution in [-0.4, -0.2) is 11.9 Å². The fraction of sp³-hybridized carbons (Fsp3) is 0.333. The Bertz CT molecular complexity index is 392. The van der Waals surface area contributed by atoms with E-state index in [-0.39, 0.29) is 6.42 Å². The maximum Gasteiger partial charge on any atom is 0.320 e. The highest BCUT2D eigenvalue weighted by atomic mass is 16.7. The molecule has 1 saturated heterocycles. The van der Waals surface area contributed by atoms with Gasteiger partial charge in [-0.2, -0.15) is 0 Å². The molecule has 1 aromatic carbocycles. The standard InChI is InChI=1S/C12H12O4/c1-2-8-3-5-9(6-4-8)12-15-10(13)7-11(14)16-12/h3-6,12H,2,7H2,1H3. The maximum absolute atomic E-state index is 11.1. The monoisotopic (exact) mass is 220 g/mol. The number of hydrogen-bond donors (Lipinski definition) is 0. The quantitative estimate of drug-likeness (QED) is 0.562. The van der Waals surface area contributed by atoms with E-state index in [0.29, 0.717) is 5.56 Å². The lowest BCUT2D eigenvalue weighted by atomic mass is 10.1. The van der Waals surface area contributed by atoms with E-state index in [1.54, 1.807) is 12.1 Å². The molecule has 0 spiro atoms. The summed E-state index contributed by atoms with van der Waals surface area (Å²) >= 11 is 0. The summed E-state index contributed by atoms with van der Waals surface area (Å²) in [6.45, 7) is 2.05. The molecular weight excluding hydrogens is 208 g/mol. The van der Waals surface area contributed by atoms with Gasteiger partial charge in [0.1, 0.15) is 6.42 Å². The molecule has 0 atom stereocenters. The molecule has 0 saturated carbocycles. The van der Waals surface area contributed by atoms with Crippen molar-refractivity contribution in [1.82, 2.24) is 0 Å². The minimum atomic E-state index is -0.889. The first kappa shape index (κ1) is 10.7. The molecule has 16 heavy (non-hydrogen) atoms. The number of rotatable bonds is 2. The van der Waals surface area contributed by atoms with Gasteiger partial charge in [-0.25, -0.2) is 0 Å². The number of carbonyl (C=O) groups is 2. The molecule has 0 aromatic heterocycles. The minimum Gasteiger partial charge on any atom is -0.420 e. The molecule has 1 heterocycles. The lowest BCUT2D eigenvalue weighted by Gasteiger charge is -2.22. The average Bonchev–Trinajstić information content (AvgIpc) is 2.28. The summed E-state index contributed by atoms with van der Waals surface area (Å²) in [4.78, 5) is 22.1. The molecule has 0 bridgehead atoms. The molecule has 0 N–H and O–H groups in total. The van der Waals surface area contributed by atoms with Gasteiger partial charge in [0, 0.05) is 5.56 Å². The maximum atomic E-state index is 11.1. The molecule has 1 fully saturated rings. The number of esters is 2. The van der Waals surface area contributed by atoms with Gasteiger partial charge in [0.2, 0.25) is 0 Å². The third-order valence-corrected chi connectivity index (χ3v) is 2.43. The molecule has 1 aliphatic heterocycles. The minimum absolute atomic E-state index is 0.302. The molecule has 0 unspecified atom stereocenters. The van der Waals surface area contributed by atoms with E-state index >= 15 is 0 Å². The van der Waals surface area contributed by atoms with Crippen LogP contribution in [0.15, 0.2) is 24.3 Å². The van der Waals surface area contributed by atoms with Crippen molar-refractivity contribution in [2.24, 2.45) is 0 Å². The molecule has 2 rings (SSSR count). The van der Waals surface area contributed by atoms with Gasteiger partial charge in [-0.15, -0.1) is 0 Å². The van der Waals surface area contributed by atoms with E-state index in [9.17, 15) is 9.59 Å². The molecule has 0 amide bonds. The molecule has 84 valence electrons. The zero-order valence-corrected chi connectivity index (χ0v) is 8.93. The van der Waals surface area contributed by atoms with Gasteiger partial charge in [0.15, 0.2) is 0 Å². The van der Waals surface area contributed by atoms with E-state index in [0.717, 1.165) is 6.42 Å². The predicted octanol–water partition coefficient (Wildman–Crippen LogP) is 1.74. The van der Waals surface area contributed by atoms with E-state index < -0.39 is 18.2 Å². The lowest BCUT2D eigenvalue weighted by Crippen LogP contribution is -2.26. The smallest absolute Gasteiger partial charge is 0.320 e. The van der Waals surface area contributed by atoms with Crippen LogP contribution in [0.2, 0.25) is 0 Å². The molecule has 0 aliphatic carbocycles. The van der Waals surface area contributed by atoms with Gasteiger partial charge in [0.25, 0.3) is 6.29 Å². The first-order valence-electron chi connectivity index (χ1n) is 5.17. The van der Waals surface area contributed by atoms with Crippen LogP contribution >= 0.6 is 0 Å². The summed E-state index contributed by atoms with van der Waals surface area (Å²) in [5.74, 6) is -1.08. The Hall–Kier alpha value is -1.84. The molecule has 0 radical (unpaired) electrons. The van der Waals surface area contributed by atoms with Crippen LogP contribution < -0.4 is 0 Å². The third-order valence-electron chi connectivity index (χ3n) is 2.43. The lowest BCUT2D eigenvalue weighted by molar-refractivity contribution is -0.204. The summed E-state index contributed by atoms with van der Waals surface area (Å²) in [6.07, 6.45) is -0.256. The molecule has 4 nitrogen and oxygen atoms in total. The van der Waals surface area contributed by atoms with Crippen molar-refractivity contribution in [3.05, 3.63) is 35.4 Å². The average molecular weight is 220 g/mol. The highest BCUT2D eigenvalue weighted by Gasteiger charge is 2.28. The Morgan fingerprint density at radius 3 is 2.19 bits per heavy atom. The second-order valence-electron chi connectivity index (χ2n) is 3.58. The molecule has 4 heteroatoms. The number of carbonyl (C=O) groups excluding carboxylic acids is 2. The van der Waals surface area contributed by atoms with Gasteiger partial charge >= 0.3 is 11.9 Å². The van der Waals surface area contributed by atoms with Gasteiger partial charge in [-0.05, 0) is 12.0 Å². The topological polar surface area (TPSA) is 52.6 Å². The highest BCUT2D eigenvalue weighted by Crippen LogP contribution is 2.24. The van der Waals surface area contributed by atoms with Gasteiger partial charge in [-0.1, -0.05) is 31.2 Å². The van der Waals surface area contributed by atoms with Crippen molar-refractivity contribution >= 4 is 11.9 Å². The summed E-state index contributed by atoms with van der Waals surface area (Å²) in [5.41, 5.74) is 1.86. The Morgan fingerprint density at radius 2 is 1.69 bits per heavy atom. The number of hydrogen-bond acceptors (Lipinski definition) is 4. The van der Waals surface area contributed by atoms with E-state index in [1.807, 2.05) is 12.1 Å². The van der Waals surface area contributed by atoms with E-state index in [4.69, 9.17) is 9.47 Å². The van der Waals surface area contributed by atoms with Crippen molar-refractivity contribution in [3.63, 3.8) is 0 Å². The van der Waals surface area contributed by atoms with Crippen LogP contribution in [-0.2, 0) is 25.5 Å². The zero-order chi connectivity index (χ0) is 11.5. The second kappa shape index (κ2) is 4.35. The number of benzene rings is 1. The van der Waals surface area contributed by atoms with Crippen LogP contribution in [0, 0.1) is 0 Å². The molecular formula is C12H12O4. The van der Waals surface area contributed by atoms with E-state index in [1.165, 1.54) is 5.56 Å². The van der Waals surface area contributed by atoms with Crippen molar-refractivity contribution < 1.29 is 19.1 Å². The van der Waals surface area contributed by atoms with Gasteiger partial charge < -0.3 is 9.47 Å². The SMILES string of the molecule is CCc1ccc(C2OC(=O)CC(=O)O2)cc1. The van der Waals surface area contributed by atoms with E-state index in [2.05, 4.69) is 6.92 Å². The molecule has 1 aliphatic rings. The van der Waals surface area contributed by atoms with Crippen molar-refractivity contribution in [3.8, 4) is 0 Å². The zero-order valence-electron chi connectivity index (χ0n) is 8.93. The summed E-state index contributed by atoms with van der Waals surface area (Å²) in [5, 5.41) is 0.